The van der Waals surface area contributed by atoms with E-state index in [1.54, 1.807) is 0 Å². The molecule has 0 aromatic heterocycles. The van der Waals surface area contributed by atoms with Gasteiger partial charge in [0.1, 0.15) is 12.6 Å². The number of hydrogen-bond acceptors (Lipinski definition) is 6. The van der Waals surface area contributed by atoms with E-state index < -0.39 is 0 Å². The summed E-state index contributed by atoms with van der Waals surface area (Å²) >= 11 is 0. The molecule has 0 spiro atoms. The molecule has 0 bridgehead atoms. The van der Waals surface area contributed by atoms with Gasteiger partial charge < -0.3 is 19.1 Å². The van der Waals surface area contributed by atoms with Crippen molar-refractivity contribution in [1.29, 1.82) is 0 Å². The highest BCUT2D eigenvalue weighted by Gasteiger charge is 2.61. The lowest BCUT2D eigenvalue weighted by Gasteiger charge is -2.59. The van der Waals surface area contributed by atoms with Gasteiger partial charge in [-0.15, -0.1) is 0 Å². The molecule has 10 atom stereocenters. The third-order valence-corrected chi connectivity index (χ3v) is 14.9. The minimum atomic E-state index is -0.386. The standard InChI is InChI=1S/2C20H30O3.2CH4/c2*1-18(13-21)10-5-7-15-14(18)8-9-16-19(15,2)11-6-12-20(16,3)17(22)23-4;;/h2*7,13-14,16H,5-6,8-12H2,1-4H3;2*1H4/t14-,16+,18-,19-,20+;14-,16-,18-,19+,20-;;/m01../s1. The third-order valence-electron chi connectivity index (χ3n) is 14.9. The highest BCUT2D eigenvalue weighted by Crippen LogP contribution is 2.66. The molecule has 0 aromatic rings. The van der Waals surface area contributed by atoms with Crippen LogP contribution >= 0.6 is 0 Å². The summed E-state index contributed by atoms with van der Waals surface area (Å²) in [6.07, 6.45) is 21.3. The fourth-order valence-electron chi connectivity index (χ4n) is 12.3. The average Bonchev–Trinajstić information content (AvgIpc) is 3.04. The van der Waals surface area contributed by atoms with Crippen molar-refractivity contribution in [2.75, 3.05) is 14.2 Å². The predicted octanol–water partition coefficient (Wildman–Crippen LogP) is 9.89. The minimum absolute atomic E-state index is 0. The zero-order valence-corrected chi connectivity index (χ0v) is 30.0. The van der Waals surface area contributed by atoms with Crippen LogP contribution in [0, 0.1) is 56.2 Å². The molecular weight excluding hydrogens is 600 g/mol. The average molecular weight is 669 g/mol. The van der Waals surface area contributed by atoms with Gasteiger partial charge in [-0.25, -0.2) is 0 Å². The van der Waals surface area contributed by atoms with Gasteiger partial charge in [0, 0.05) is 10.8 Å². The molecule has 6 rings (SSSR count). The molecule has 0 unspecified atom stereocenters. The molecule has 0 N–H and O–H groups in total. The number of carbonyl (C=O) groups excluding carboxylic acids is 4. The summed E-state index contributed by atoms with van der Waals surface area (Å²) in [5, 5.41) is 0. The first-order valence-electron chi connectivity index (χ1n) is 18.1. The molecule has 6 heteroatoms. The van der Waals surface area contributed by atoms with E-state index in [0.717, 1.165) is 89.9 Å². The molecule has 0 aromatic carbocycles. The predicted molar refractivity (Wildman–Crippen MR) is 193 cm³/mol. The van der Waals surface area contributed by atoms with Crippen molar-refractivity contribution in [2.24, 2.45) is 56.2 Å². The Balaban J connectivity index is 0.000000250. The number of aldehydes is 2. The molecule has 0 heterocycles. The molecule has 4 saturated carbocycles. The fourth-order valence-corrected chi connectivity index (χ4v) is 12.3. The number of allylic oxidation sites excluding steroid dienone is 4. The molecule has 0 amide bonds. The van der Waals surface area contributed by atoms with Crippen molar-refractivity contribution in [3.63, 3.8) is 0 Å². The Kier molecular flexibility index (Phi) is 11.9. The number of hydrogen-bond donors (Lipinski definition) is 0. The summed E-state index contributed by atoms with van der Waals surface area (Å²) in [6, 6.07) is 0. The molecule has 4 fully saturated rings. The Morgan fingerprint density at radius 3 is 1.27 bits per heavy atom. The van der Waals surface area contributed by atoms with Crippen molar-refractivity contribution < 1.29 is 28.7 Å². The van der Waals surface area contributed by atoms with Gasteiger partial charge in [0.25, 0.3) is 0 Å². The van der Waals surface area contributed by atoms with Crippen molar-refractivity contribution in [3.05, 3.63) is 23.3 Å². The first-order chi connectivity index (χ1) is 21.6. The van der Waals surface area contributed by atoms with Gasteiger partial charge >= 0.3 is 11.9 Å². The molecule has 0 saturated heterocycles. The van der Waals surface area contributed by atoms with Gasteiger partial charge in [0.05, 0.1) is 25.0 Å². The van der Waals surface area contributed by atoms with Crippen LogP contribution in [0.25, 0.3) is 0 Å². The topological polar surface area (TPSA) is 86.7 Å². The van der Waals surface area contributed by atoms with E-state index in [2.05, 4.69) is 53.7 Å². The zero-order valence-electron chi connectivity index (χ0n) is 30.0. The van der Waals surface area contributed by atoms with Gasteiger partial charge in [0.15, 0.2) is 0 Å². The SMILES string of the molecule is C.C.COC(=O)[C@]1(C)CCC[C@@]2(C)C3=CCC[C@@](C)(C=O)[C@H]3CC[C@@H]12.COC(=O)[C@]1(C)CCC[C@@]2(C)C3=CCC[C@](C)(C=O)[C@@H]3CC[C@@H]12. The summed E-state index contributed by atoms with van der Waals surface area (Å²) in [7, 11) is 3.02. The smallest absolute Gasteiger partial charge is 0.311 e. The van der Waals surface area contributed by atoms with E-state index in [1.165, 1.54) is 37.9 Å². The van der Waals surface area contributed by atoms with Crippen molar-refractivity contribution in [1.82, 2.24) is 0 Å². The van der Waals surface area contributed by atoms with E-state index in [0.29, 0.717) is 23.7 Å². The summed E-state index contributed by atoms with van der Waals surface area (Å²) in [4.78, 5) is 48.6. The number of fused-ring (bicyclic) bond motifs is 6. The normalized spacial score (nSPS) is 44.2. The van der Waals surface area contributed by atoms with E-state index in [4.69, 9.17) is 9.47 Å². The highest BCUT2D eigenvalue weighted by atomic mass is 16.5. The second-order valence-corrected chi connectivity index (χ2v) is 17.4. The quantitative estimate of drug-likeness (QED) is 0.168. The summed E-state index contributed by atoms with van der Waals surface area (Å²) < 4.78 is 10.3. The van der Waals surface area contributed by atoms with E-state index in [1.807, 2.05) is 0 Å². The summed E-state index contributed by atoms with van der Waals surface area (Å²) in [5.41, 5.74) is 1.78. The first-order valence-corrected chi connectivity index (χ1v) is 18.1. The summed E-state index contributed by atoms with van der Waals surface area (Å²) in [6.45, 7) is 13.1. The van der Waals surface area contributed by atoms with E-state index >= 15 is 0 Å². The number of carbonyl (C=O) groups is 4. The van der Waals surface area contributed by atoms with Crippen LogP contribution in [-0.4, -0.2) is 38.7 Å². The number of methoxy groups -OCH3 is 2. The second-order valence-electron chi connectivity index (χ2n) is 17.4. The largest absolute Gasteiger partial charge is 0.469 e. The maximum atomic E-state index is 12.5. The van der Waals surface area contributed by atoms with Crippen LogP contribution in [0.4, 0.5) is 0 Å². The van der Waals surface area contributed by atoms with Gasteiger partial charge in [-0.1, -0.05) is 78.7 Å². The van der Waals surface area contributed by atoms with Crippen molar-refractivity contribution >= 4 is 24.5 Å². The van der Waals surface area contributed by atoms with E-state index in [-0.39, 0.29) is 59.3 Å². The minimum Gasteiger partial charge on any atom is -0.469 e. The van der Waals surface area contributed by atoms with Crippen LogP contribution in [0.2, 0.25) is 0 Å². The Morgan fingerprint density at radius 1 is 0.604 bits per heavy atom. The van der Waals surface area contributed by atoms with E-state index in [9.17, 15) is 19.2 Å². The number of ether oxygens (including phenoxy) is 2. The number of esters is 2. The molecule has 6 nitrogen and oxygen atoms in total. The molecule has 6 aliphatic carbocycles. The van der Waals surface area contributed by atoms with Crippen LogP contribution in [0.15, 0.2) is 23.3 Å². The monoisotopic (exact) mass is 669 g/mol. The van der Waals surface area contributed by atoms with Crippen LogP contribution in [0.5, 0.6) is 0 Å². The van der Waals surface area contributed by atoms with Gasteiger partial charge in [-0.3, -0.25) is 9.59 Å². The van der Waals surface area contributed by atoms with Crippen LogP contribution < -0.4 is 0 Å². The van der Waals surface area contributed by atoms with Crippen LogP contribution in [0.3, 0.4) is 0 Å². The summed E-state index contributed by atoms with van der Waals surface area (Å²) in [5.74, 6) is 1.26. The third kappa shape index (κ3) is 5.97. The molecule has 48 heavy (non-hydrogen) atoms. The first kappa shape index (κ1) is 40.2. The lowest BCUT2D eigenvalue weighted by atomic mass is 9.44. The van der Waals surface area contributed by atoms with Gasteiger partial charge in [0.2, 0.25) is 0 Å². The van der Waals surface area contributed by atoms with Crippen LogP contribution in [-0.2, 0) is 28.7 Å². The zero-order chi connectivity index (χ0) is 33.8. The Hall–Kier alpha value is -2.24. The second kappa shape index (κ2) is 14.2. The lowest BCUT2D eigenvalue weighted by Crippen LogP contribution is -2.54. The molecular formula is C42H68O6. The fraction of sp³-hybridized carbons (Fsp3) is 0.810. The highest BCUT2D eigenvalue weighted by molar-refractivity contribution is 5.78. The maximum Gasteiger partial charge on any atom is 0.311 e. The molecule has 272 valence electrons. The van der Waals surface area contributed by atoms with Gasteiger partial charge in [-0.2, -0.15) is 0 Å². The van der Waals surface area contributed by atoms with Crippen molar-refractivity contribution in [2.45, 2.75) is 146 Å². The molecule has 0 radical (unpaired) electrons. The number of rotatable bonds is 4. The Bertz CT molecular complexity index is 1200. The Morgan fingerprint density at radius 2 is 0.958 bits per heavy atom. The molecule has 6 aliphatic rings. The Labute approximate surface area is 292 Å². The maximum absolute atomic E-state index is 12.5. The van der Waals surface area contributed by atoms with Crippen LogP contribution in [0.1, 0.15) is 146 Å². The molecule has 0 aliphatic heterocycles. The van der Waals surface area contributed by atoms with Gasteiger partial charge in [-0.05, 0) is 125 Å². The lowest BCUT2D eigenvalue weighted by molar-refractivity contribution is -0.165. The van der Waals surface area contributed by atoms with Crippen molar-refractivity contribution in [3.8, 4) is 0 Å².